The number of pyridine rings is 1. The van der Waals surface area contributed by atoms with Crippen molar-refractivity contribution in [2.24, 2.45) is 5.73 Å². The molecule has 0 spiro atoms. The number of aromatic nitrogens is 1. The van der Waals surface area contributed by atoms with Gasteiger partial charge in [-0.05, 0) is 55.2 Å². The molecule has 0 radical (unpaired) electrons. The first-order valence-electron chi connectivity index (χ1n) is 14.3. The first-order valence-corrected chi connectivity index (χ1v) is 16.2. The van der Waals surface area contributed by atoms with E-state index in [0.717, 1.165) is 17.9 Å². The standard InChI is InChI=1S/C30H36F2N6O6S/c1-3-22(39)18-38(30(41)35-27-14-24(29(33)40)25(31)15-26(27)32)21-10-12-37(13-11-21)17-19-4-9-28(34-16-19)44-23-7-5-20(6-8-23)36-45(2,42)43/h4-9,14-16,21-22,36,39H,3,10-13,17-18H2,1-2H3,(H2,33,40)(H,35,41). The number of aliphatic hydroxyl groups excluding tert-OH is 1. The van der Waals surface area contributed by atoms with E-state index in [0.29, 0.717) is 62.3 Å². The number of anilines is 2. The molecule has 2 aromatic carbocycles. The zero-order valence-corrected chi connectivity index (χ0v) is 25.7. The van der Waals surface area contributed by atoms with Crippen LogP contribution in [-0.2, 0) is 16.6 Å². The van der Waals surface area contributed by atoms with Crippen LogP contribution in [0.25, 0.3) is 0 Å². The molecule has 242 valence electrons. The number of ether oxygens (including phenoxy) is 1. The van der Waals surface area contributed by atoms with Gasteiger partial charge in [0, 0.05) is 56.2 Å². The smallest absolute Gasteiger partial charge is 0.322 e. The molecule has 0 saturated carbocycles. The maximum absolute atomic E-state index is 14.4. The van der Waals surface area contributed by atoms with Crippen LogP contribution in [0.1, 0.15) is 42.1 Å². The van der Waals surface area contributed by atoms with Crippen molar-refractivity contribution in [2.75, 3.05) is 35.9 Å². The van der Waals surface area contributed by atoms with E-state index in [1.54, 1.807) is 43.5 Å². The minimum absolute atomic E-state index is 0.0147. The van der Waals surface area contributed by atoms with Crippen LogP contribution in [0.5, 0.6) is 11.6 Å². The van der Waals surface area contributed by atoms with E-state index in [9.17, 15) is 31.9 Å². The molecule has 2 heterocycles. The van der Waals surface area contributed by atoms with Crippen molar-refractivity contribution in [3.05, 3.63) is 77.5 Å². The zero-order chi connectivity index (χ0) is 32.7. The van der Waals surface area contributed by atoms with Crippen molar-refractivity contribution in [3.8, 4) is 11.6 Å². The molecule has 1 atom stereocenters. The molecule has 1 aliphatic heterocycles. The highest BCUT2D eigenvalue weighted by Crippen LogP contribution is 2.25. The Labute approximate surface area is 260 Å². The number of urea groups is 1. The molecule has 5 N–H and O–H groups in total. The van der Waals surface area contributed by atoms with Gasteiger partial charge in [-0.15, -0.1) is 0 Å². The summed E-state index contributed by atoms with van der Waals surface area (Å²) < 4.78 is 59.2. The molecule has 45 heavy (non-hydrogen) atoms. The van der Waals surface area contributed by atoms with Crippen LogP contribution in [-0.4, -0.2) is 78.3 Å². The molecule has 4 rings (SSSR count). The lowest BCUT2D eigenvalue weighted by Gasteiger charge is -2.39. The van der Waals surface area contributed by atoms with Gasteiger partial charge in [-0.2, -0.15) is 0 Å². The average molecular weight is 647 g/mol. The van der Waals surface area contributed by atoms with Gasteiger partial charge in [0.05, 0.1) is 23.6 Å². The number of primary amides is 1. The predicted molar refractivity (Wildman–Crippen MR) is 164 cm³/mol. The van der Waals surface area contributed by atoms with Crippen molar-refractivity contribution in [2.45, 2.75) is 44.9 Å². The maximum Gasteiger partial charge on any atom is 0.322 e. The highest BCUT2D eigenvalue weighted by molar-refractivity contribution is 7.92. The average Bonchev–Trinajstić information content (AvgIpc) is 2.98. The largest absolute Gasteiger partial charge is 0.439 e. The summed E-state index contributed by atoms with van der Waals surface area (Å²) in [4.78, 5) is 32.8. The molecule has 1 saturated heterocycles. The molecule has 0 aliphatic carbocycles. The van der Waals surface area contributed by atoms with E-state index in [2.05, 4.69) is 19.9 Å². The minimum atomic E-state index is -3.37. The Bertz CT molecular complexity index is 1600. The van der Waals surface area contributed by atoms with Crippen molar-refractivity contribution in [1.29, 1.82) is 0 Å². The van der Waals surface area contributed by atoms with Gasteiger partial charge in [-0.3, -0.25) is 14.4 Å². The van der Waals surface area contributed by atoms with Gasteiger partial charge in [-0.1, -0.05) is 13.0 Å². The SMILES string of the molecule is CCC(O)CN(C(=O)Nc1cc(C(N)=O)c(F)cc1F)C1CCN(Cc2ccc(Oc3ccc(NS(C)(=O)=O)cc3)nc2)CC1. The van der Waals surface area contributed by atoms with Crippen LogP contribution in [0, 0.1) is 11.6 Å². The summed E-state index contributed by atoms with van der Waals surface area (Å²) in [6.45, 7) is 3.67. The molecule has 1 aromatic heterocycles. The number of halogens is 2. The van der Waals surface area contributed by atoms with Gasteiger partial charge in [0.2, 0.25) is 15.9 Å². The van der Waals surface area contributed by atoms with E-state index in [1.807, 2.05) is 6.07 Å². The summed E-state index contributed by atoms with van der Waals surface area (Å²) in [5.74, 6) is -2.41. The number of amides is 3. The minimum Gasteiger partial charge on any atom is -0.439 e. The highest BCUT2D eigenvalue weighted by atomic mass is 32.2. The van der Waals surface area contributed by atoms with Crippen molar-refractivity contribution in [3.63, 3.8) is 0 Å². The number of rotatable bonds is 12. The Morgan fingerprint density at radius 2 is 1.82 bits per heavy atom. The normalized spacial score (nSPS) is 14.9. The molecule has 3 amide bonds. The number of piperidine rings is 1. The Hall–Kier alpha value is -4.34. The Balaban J connectivity index is 1.34. The number of likely N-dealkylation sites (tertiary alicyclic amines) is 1. The number of hydrogen-bond acceptors (Lipinski definition) is 8. The number of sulfonamides is 1. The second-order valence-corrected chi connectivity index (χ2v) is 12.6. The van der Waals surface area contributed by atoms with Gasteiger partial charge >= 0.3 is 6.03 Å². The third-order valence-corrected chi connectivity index (χ3v) is 7.89. The fourth-order valence-electron chi connectivity index (χ4n) is 4.91. The Morgan fingerprint density at radius 3 is 2.40 bits per heavy atom. The summed E-state index contributed by atoms with van der Waals surface area (Å²) in [5.41, 5.74) is 5.59. The lowest BCUT2D eigenvalue weighted by molar-refractivity contribution is 0.0766. The second-order valence-electron chi connectivity index (χ2n) is 10.8. The van der Waals surface area contributed by atoms with E-state index in [-0.39, 0.29) is 18.3 Å². The van der Waals surface area contributed by atoms with Crippen LogP contribution in [0.4, 0.5) is 25.0 Å². The molecular formula is C30H36F2N6O6S. The molecule has 15 heteroatoms. The van der Waals surface area contributed by atoms with Gasteiger partial charge in [-0.25, -0.2) is 27.0 Å². The summed E-state index contributed by atoms with van der Waals surface area (Å²) in [5, 5.41) is 12.7. The first kappa shape index (κ1) is 33.6. The topological polar surface area (TPSA) is 167 Å². The summed E-state index contributed by atoms with van der Waals surface area (Å²) in [7, 11) is -3.37. The summed E-state index contributed by atoms with van der Waals surface area (Å²) in [6.07, 6.45) is 3.54. The van der Waals surface area contributed by atoms with Gasteiger partial charge in [0.1, 0.15) is 17.4 Å². The molecule has 12 nitrogen and oxygen atoms in total. The lowest BCUT2D eigenvalue weighted by Crippen LogP contribution is -2.51. The molecule has 1 fully saturated rings. The number of nitrogens with zero attached hydrogens (tertiary/aromatic N) is 3. The van der Waals surface area contributed by atoms with Gasteiger partial charge < -0.3 is 25.8 Å². The monoisotopic (exact) mass is 646 g/mol. The van der Waals surface area contributed by atoms with E-state index < -0.39 is 45.3 Å². The zero-order valence-electron chi connectivity index (χ0n) is 24.9. The predicted octanol–water partition coefficient (Wildman–Crippen LogP) is 3.89. The lowest BCUT2D eigenvalue weighted by atomic mass is 10.0. The number of carbonyl (C=O) groups excluding carboxylic acids is 2. The molecule has 3 aromatic rings. The Kier molecular flexibility index (Phi) is 10.9. The number of nitrogens with two attached hydrogens (primary N) is 1. The maximum atomic E-state index is 14.4. The van der Waals surface area contributed by atoms with Crippen molar-refractivity contribution in [1.82, 2.24) is 14.8 Å². The van der Waals surface area contributed by atoms with Crippen LogP contribution in [0.15, 0.2) is 54.7 Å². The van der Waals surface area contributed by atoms with Gasteiger partial charge in [0.25, 0.3) is 5.91 Å². The molecule has 1 aliphatic rings. The number of hydrogen-bond donors (Lipinski definition) is 4. The van der Waals surface area contributed by atoms with Crippen LogP contribution < -0.4 is 20.5 Å². The third kappa shape index (κ3) is 9.57. The summed E-state index contributed by atoms with van der Waals surface area (Å²) in [6, 6.07) is 10.5. The molecule has 1 unspecified atom stereocenters. The van der Waals surface area contributed by atoms with Crippen molar-refractivity contribution >= 4 is 33.3 Å². The van der Waals surface area contributed by atoms with Gasteiger partial charge in [0.15, 0.2) is 0 Å². The van der Waals surface area contributed by atoms with Crippen LogP contribution in [0.3, 0.4) is 0 Å². The van der Waals surface area contributed by atoms with E-state index >= 15 is 0 Å². The van der Waals surface area contributed by atoms with Crippen LogP contribution in [0.2, 0.25) is 0 Å². The molecule has 0 bridgehead atoms. The number of carbonyl (C=O) groups is 2. The van der Waals surface area contributed by atoms with E-state index in [1.165, 1.54) is 4.90 Å². The number of aliphatic hydroxyl groups is 1. The third-order valence-electron chi connectivity index (χ3n) is 7.28. The fraction of sp³-hybridized carbons (Fsp3) is 0.367. The Morgan fingerprint density at radius 1 is 1.13 bits per heavy atom. The number of benzene rings is 2. The second kappa shape index (κ2) is 14.6. The highest BCUT2D eigenvalue weighted by Gasteiger charge is 2.30. The van der Waals surface area contributed by atoms with E-state index in [4.69, 9.17) is 10.5 Å². The molecular weight excluding hydrogens is 610 g/mol. The number of nitrogens with one attached hydrogen (secondary N) is 2. The van der Waals surface area contributed by atoms with Crippen molar-refractivity contribution < 1.29 is 36.6 Å². The quantitative estimate of drug-likeness (QED) is 0.230. The summed E-state index contributed by atoms with van der Waals surface area (Å²) >= 11 is 0. The van der Waals surface area contributed by atoms with Crippen LogP contribution >= 0.6 is 0 Å². The first-order chi connectivity index (χ1) is 21.3. The fourth-order valence-corrected chi connectivity index (χ4v) is 5.48.